The van der Waals surface area contributed by atoms with E-state index in [9.17, 15) is 14.0 Å². The fourth-order valence-corrected chi connectivity index (χ4v) is 4.36. The fourth-order valence-electron chi connectivity index (χ4n) is 4.36. The molecule has 9 heteroatoms. The first kappa shape index (κ1) is 25.8. The molecule has 7 N–H and O–H groups in total. The minimum atomic E-state index is -0.784. The van der Waals surface area contributed by atoms with Gasteiger partial charge < -0.3 is 27.2 Å². The molecule has 37 heavy (non-hydrogen) atoms. The maximum Gasteiger partial charge on any atom is 0.269 e. The Kier molecular flexibility index (Phi) is 6.73. The summed E-state index contributed by atoms with van der Waals surface area (Å²) in [6.07, 6.45) is 3.34. The number of rotatable bonds is 7. The number of benzene rings is 2. The van der Waals surface area contributed by atoms with Crippen molar-refractivity contribution in [3.63, 3.8) is 0 Å². The largest absolute Gasteiger partial charge is 0.398 e. The van der Waals surface area contributed by atoms with E-state index in [1.807, 2.05) is 20.8 Å². The normalized spacial score (nSPS) is 16.3. The molecule has 8 nitrogen and oxygen atoms in total. The van der Waals surface area contributed by atoms with Crippen molar-refractivity contribution >= 4 is 57.3 Å². The molecule has 4 rings (SSSR count). The number of fused-ring (bicyclic) bond motifs is 1. The lowest BCUT2D eigenvalue weighted by Gasteiger charge is -2.15. The Morgan fingerprint density at radius 1 is 1.24 bits per heavy atom. The van der Waals surface area contributed by atoms with Gasteiger partial charge in [-0.15, -0.1) is 0 Å². The third-order valence-corrected chi connectivity index (χ3v) is 7.08. The number of carbonyl (C=O) groups is 2. The van der Waals surface area contributed by atoms with Crippen molar-refractivity contribution in [2.24, 2.45) is 16.1 Å². The zero-order valence-electron chi connectivity index (χ0n) is 21.4. The predicted molar refractivity (Wildman–Crippen MR) is 146 cm³/mol. The highest BCUT2D eigenvalue weighted by Crippen LogP contribution is 2.46. The zero-order chi connectivity index (χ0) is 27.1. The molecule has 192 valence electrons. The Labute approximate surface area is 213 Å². The first-order valence-electron chi connectivity index (χ1n) is 12.1. The second kappa shape index (κ2) is 9.65. The van der Waals surface area contributed by atoms with Gasteiger partial charge in [0.05, 0.1) is 11.0 Å². The van der Waals surface area contributed by atoms with Crippen LogP contribution in [-0.4, -0.2) is 28.7 Å². The number of aromatic nitrogens is 1. The van der Waals surface area contributed by atoms with Crippen LogP contribution < -0.4 is 27.4 Å². The van der Waals surface area contributed by atoms with Crippen LogP contribution in [0.25, 0.3) is 22.2 Å². The molecule has 1 fully saturated rings. The van der Waals surface area contributed by atoms with Gasteiger partial charge in [-0.2, -0.15) is 0 Å². The number of carbonyl (C=O) groups excluding carboxylic acids is 2. The maximum absolute atomic E-state index is 14.9. The zero-order valence-corrected chi connectivity index (χ0v) is 21.4. The fraction of sp³-hybridized carbons (Fsp3) is 0.286. The number of hydrogen-bond donors (Lipinski definition) is 5. The average Bonchev–Trinajstić information content (AvgIpc) is 3.51. The summed E-state index contributed by atoms with van der Waals surface area (Å²) in [4.78, 5) is 33.2. The van der Waals surface area contributed by atoms with Crippen LogP contribution in [0.15, 0.2) is 35.3 Å². The molecule has 0 aliphatic heterocycles. The van der Waals surface area contributed by atoms with Crippen molar-refractivity contribution < 1.29 is 14.0 Å². The van der Waals surface area contributed by atoms with Gasteiger partial charge >= 0.3 is 0 Å². The lowest BCUT2D eigenvalue weighted by molar-refractivity contribution is -0.120. The third-order valence-electron chi connectivity index (χ3n) is 7.08. The molecular weight excluding hydrogens is 471 g/mol. The van der Waals surface area contributed by atoms with Crippen LogP contribution in [-0.2, 0) is 9.59 Å². The van der Waals surface area contributed by atoms with E-state index < -0.39 is 17.1 Å². The van der Waals surface area contributed by atoms with Crippen molar-refractivity contribution in [1.29, 1.82) is 5.41 Å². The number of nitrogens with one attached hydrogen (secondary N) is 3. The smallest absolute Gasteiger partial charge is 0.269 e. The summed E-state index contributed by atoms with van der Waals surface area (Å²) >= 11 is 0. The molecule has 0 spiro atoms. The van der Waals surface area contributed by atoms with Gasteiger partial charge in [0.15, 0.2) is 5.70 Å². The van der Waals surface area contributed by atoms with Crippen LogP contribution >= 0.6 is 0 Å². The van der Waals surface area contributed by atoms with Crippen molar-refractivity contribution in [1.82, 2.24) is 4.98 Å². The van der Waals surface area contributed by atoms with E-state index in [0.29, 0.717) is 50.4 Å². The molecule has 1 saturated carbocycles. The number of nitrogen functional groups attached to an aromatic ring is 1. The third kappa shape index (κ3) is 4.64. The van der Waals surface area contributed by atoms with E-state index in [1.165, 1.54) is 18.3 Å². The van der Waals surface area contributed by atoms with Crippen molar-refractivity contribution in [3.8, 4) is 0 Å². The number of amides is 2. The van der Waals surface area contributed by atoms with Gasteiger partial charge in [-0.1, -0.05) is 31.6 Å². The molecular formula is C28H31FN6O2. The highest BCUT2D eigenvalue weighted by molar-refractivity contribution is 6.18. The molecule has 2 amide bonds. The Hall–Kier alpha value is -4.27. The minimum Gasteiger partial charge on any atom is -0.398 e. The van der Waals surface area contributed by atoms with E-state index in [4.69, 9.17) is 16.9 Å². The summed E-state index contributed by atoms with van der Waals surface area (Å²) in [5.74, 6) is -1.64. The molecule has 1 heterocycles. The number of nitrogens with zero attached hydrogens (tertiary/aromatic N) is 1. The number of anilines is 2. The van der Waals surface area contributed by atoms with Crippen LogP contribution in [0.5, 0.6) is 0 Å². The van der Waals surface area contributed by atoms with Gasteiger partial charge in [0.25, 0.3) is 5.91 Å². The molecule has 0 saturated heterocycles. The van der Waals surface area contributed by atoms with E-state index in [1.54, 1.807) is 25.1 Å². The van der Waals surface area contributed by atoms with Crippen LogP contribution in [0.2, 0.25) is 0 Å². The summed E-state index contributed by atoms with van der Waals surface area (Å²) in [7, 11) is 0. The molecule has 3 aromatic rings. The van der Waals surface area contributed by atoms with Crippen LogP contribution in [0.3, 0.4) is 0 Å². The van der Waals surface area contributed by atoms with Gasteiger partial charge in [0.1, 0.15) is 5.82 Å². The lowest BCUT2D eigenvalue weighted by atomic mass is 10.0. The minimum absolute atomic E-state index is 0.0118. The number of para-hydroxylation sites is 1. The molecule has 0 radical (unpaired) electrons. The van der Waals surface area contributed by atoms with Crippen LogP contribution in [0.1, 0.15) is 58.1 Å². The van der Waals surface area contributed by atoms with Crippen molar-refractivity contribution in [2.75, 3.05) is 11.1 Å². The first-order valence-corrected chi connectivity index (χ1v) is 12.1. The molecule has 1 aromatic heterocycles. The lowest BCUT2D eigenvalue weighted by Crippen LogP contribution is -2.32. The van der Waals surface area contributed by atoms with Gasteiger partial charge in [-0.05, 0) is 51.3 Å². The number of aromatic amines is 1. The van der Waals surface area contributed by atoms with Gasteiger partial charge in [-0.25, -0.2) is 9.38 Å². The summed E-state index contributed by atoms with van der Waals surface area (Å²) in [5.41, 5.74) is 14.6. The van der Waals surface area contributed by atoms with E-state index in [2.05, 4.69) is 15.3 Å². The van der Waals surface area contributed by atoms with Gasteiger partial charge in [0.2, 0.25) is 5.91 Å². The van der Waals surface area contributed by atoms with Crippen LogP contribution in [0, 0.1) is 16.6 Å². The second-order valence-electron chi connectivity index (χ2n) is 9.73. The monoisotopic (exact) mass is 502 g/mol. The molecule has 0 unspecified atom stereocenters. The number of nitrogens with two attached hydrogens (primary N) is 2. The summed E-state index contributed by atoms with van der Waals surface area (Å²) in [5, 5.41) is 12.4. The van der Waals surface area contributed by atoms with E-state index in [0.717, 1.165) is 18.4 Å². The average molecular weight is 503 g/mol. The maximum atomic E-state index is 14.9. The Morgan fingerprint density at radius 3 is 2.54 bits per heavy atom. The van der Waals surface area contributed by atoms with Crippen LogP contribution in [0.4, 0.5) is 15.8 Å². The molecule has 1 aliphatic rings. The Balaban J connectivity index is 2.01. The standard InChI is InChI=1S/C28H31FN6O2/c1-5-14(2)21-22-17(13-30)19(31)9-10-20(22)34-24(21)25(26(32)36)33-15(3)16-7-6-8-18(29)23(16)35-27(37)28(4)11-12-28/h6-10,13,30,34H,5,11-12,31H2,1-4H3,(H2,32,36)(H,35,37)/b21-14+,25-24+,30-13?,33-15?. The molecule has 0 bridgehead atoms. The number of aliphatic imine (C=N–C) groups is 1. The summed E-state index contributed by atoms with van der Waals surface area (Å²) in [6, 6.07) is 7.88. The number of H-pyrrole nitrogens is 1. The SMILES string of the molecule is CC/C(C)=c1/c(=C(\N=C(C)c2cccc(F)c2NC(=O)C2(C)CC2)C(N)=O)[nH]c2ccc(N)c(C=N)c12. The van der Waals surface area contributed by atoms with E-state index in [-0.39, 0.29) is 17.3 Å². The topological polar surface area (TPSA) is 150 Å². The van der Waals surface area contributed by atoms with Gasteiger partial charge in [0, 0.05) is 50.3 Å². The number of halogens is 1. The number of hydrogen-bond acceptors (Lipinski definition) is 5. The van der Waals surface area contributed by atoms with Gasteiger partial charge in [-0.3, -0.25) is 9.59 Å². The first-order chi connectivity index (χ1) is 17.5. The highest BCUT2D eigenvalue weighted by Gasteiger charge is 2.45. The molecule has 0 atom stereocenters. The molecule has 2 aromatic carbocycles. The van der Waals surface area contributed by atoms with Crippen molar-refractivity contribution in [3.05, 3.63) is 57.8 Å². The summed E-state index contributed by atoms with van der Waals surface area (Å²) < 4.78 is 14.9. The quantitative estimate of drug-likeness (QED) is 0.249. The number of primary amides is 1. The Bertz CT molecular complexity index is 1610. The highest BCUT2D eigenvalue weighted by atomic mass is 19.1. The van der Waals surface area contributed by atoms with Crippen molar-refractivity contribution in [2.45, 2.75) is 47.0 Å². The predicted octanol–water partition coefficient (Wildman–Crippen LogP) is 3.31. The second-order valence-corrected chi connectivity index (χ2v) is 9.73. The summed E-state index contributed by atoms with van der Waals surface area (Å²) in [6.45, 7) is 7.37. The molecule has 1 aliphatic carbocycles. The Morgan fingerprint density at radius 2 is 1.95 bits per heavy atom. The van der Waals surface area contributed by atoms with E-state index >= 15 is 0 Å².